The Morgan fingerprint density at radius 1 is 0.964 bits per heavy atom. The zero-order chi connectivity index (χ0) is 19.9. The fourth-order valence-electron chi connectivity index (χ4n) is 4.00. The number of aromatic amines is 1. The monoisotopic (exact) mass is 396 g/mol. The highest BCUT2D eigenvalue weighted by molar-refractivity contribution is 7.89. The summed E-state index contributed by atoms with van der Waals surface area (Å²) in [6, 6.07) is 17.8. The van der Waals surface area contributed by atoms with E-state index in [0.717, 1.165) is 23.9 Å². The highest BCUT2D eigenvalue weighted by Gasteiger charge is 2.30. The van der Waals surface area contributed by atoms with Gasteiger partial charge in [0.05, 0.1) is 4.90 Å². The summed E-state index contributed by atoms with van der Waals surface area (Å²) in [5.41, 5.74) is 3.52. The molecule has 0 radical (unpaired) electrons. The molecule has 0 saturated carbocycles. The smallest absolute Gasteiger partial charge is 0.243 e. The zero-order valence-electron chi connectivity index (χ0n) is 16.8. The molecule has 0 bridgehead atoms. The van der Waals surface area contributed by atoms with Crippen molar-refractivity contribution in [2.75, 3.05) is 13.1 Å². The number of sulfonamides is 1. The third kappa shape index (κ3) is 3.61. The summed E-state index contributed by atoms with van der Waals surface area (Å²) in [7, 11) is -3.43. The molecule has 1 N–H and O–H groups in total. The van der Waals surface area contributed by atoms with Crippen LogP contribution >= 0.6 is 0 Å². The first-order valence-electron chi connectivity index (χ1n) is 9.93. The minimum Gasteiger partial charge on any atom is -0.358 e. The summed E-state index contributed by atoms with van der Waals surface area (Å²) in [4.78, 5) is 3.90. The van der Waals surface area contributed by atoms with Crippen LogP contribution in [0.5, 0.6) is 0 Å². The molecule has 0 spiro atoms. The van der Waals surface area contributed by atoms with Crippen molar-refractivity contribution in [1.29, 1.82) is 0 Å². The van der Waals surface area contributed by atoms with Gasteiger partial charge in [0.15, 0.2) is 0 Å². The molecule has 1 saturated heterocycles. The van der Waals surface area contributed by atoms with Crippen LogP contribution in [0.4, 0.5) is 0 Å². The lowest BCUT2D eigenvalue weighted by Crippen LogP contribution is -2.38. The molecule has 3 aromatic rings. The van der Waals surface area contributed by atoms with Crippen molar-refractivity contribution < 1.29 is 8.42 Å². The van der Waals surface area contributed by atoms with E-state index >= 15 is 0 Å². The van der Waals surface area contributed by atoms with Crippen molar-refractivity contribution in [3.05, 3.63) is 65.9 Å². The van der Waals surface area contributed by atoms with Gasteiger partial charge in [-0.2, -0.15) is 4.31 Å². The maximum absolute atomic E-state index is 13.1. The van der Waals surface area contributed by atoms with Gasteiger partial charge < -0.3 is 4.98 Å². The molecule has 1 aromatic heterocycles. The summed E-state index contributed by atoms with van der Waals surface area (Å²) >= 11 is 0. The summed E-state index contributed by atoms with van der Waals surface area (Å²) in [6.45, 7) is 7.51. The lowest BCUT2D eigenvalue weighted by atomic mass is 9.87. The van der Waals surface area contributed by atoms with E-state index < -0.39 is 10.0 Å². The molecule has 28 heavy (non-hydrogen) atoms. The van der Waals surface area contributed by atoms with Gasteiger partial charge in [0.2, 0.25) is 10.0 Å². The van der Waals surface area contributed by atoms with Crippen molar-refractivity contribution in [3.8, 4) is 0 Å². The predicted molar refractivity (Wildman–Crippen MR) is 114 cm³/mol. The number of para-hydroxylation sites is 1. The van der Waals surface area contributed by atoms with Gasteiger partial charge in [-0.15, -0.1) is 0 Å². The molecule has 4 rings (SSSR count). The average Bonchev–Trinajstić information content (AvgIpc) is 3.12. The Labute approximate surface area is 167 Å². The Hall–Kier alpha value is -2.11. The first-order chi connectivity index (χ1) is 13.2. The van der Waals surface area contributed by atoms with E-state index in [-0.39, 0.29) is 5.41 Å². The van der Waals surface area contributed by atoms with E-state index in [2.05, 4.69) is 44.0 Å². The van der Waals surface area contributed by atoms with E-state index in [0.29, 0.717) is 23.9 Å². The highest BCUT2D eigenvalue weighted by atomic mass is 32.2. The molecule has 0 unspecified atom stereocenters. The first-order valence-corrected chi connectivity index (χ1v) is 11.4. The predicted octanol–water partition coefficient (Wildman–Crippen LogP) is 5.03. The first kappa shape index (κ1) is 19.2. The van der Waals surface area contributed by atoms with Crippen LogP contribution in [0, 0.1) is 0 Å². The van der Waals surface area contributed by atoms with Crippen molar-refractivity contribution in [1.82, 2.24) is 9.29 Å². The van der Waals surface area contributed by atoms with Crippen molar-refractivity contribution >= 4 is 20.9 Å². The molecule has 1 aliphatic rings. The lowest BCUT2D eigenvalue weighted by Gasteiger charge is -2.31. The molecule has 0 atom stereocenters. The third-order valence-electron chi connectivity index (χ3n) is 5.80. The molecule has 0 aliphatic carbocycles. The zero-order valence-corrected chi connectivity index (χ0v) is 17.6. The number of nitrogens with zero attached hydrogens (tertiary/aromatic N) is 1. The van der Waals surface area contributed by atoms with E-state index in [1.807, 2.05) is 24.3 Å². The molecule has 2 aromatic carbocycles. The SMILES string of the molecule is CC(C)(C)c1ccc(S(=O)(=O)N2CCC(c3cc4ccccc4[nH]3)CC2)cc1. The van der Waals surface area contributed by atoms with Gasteiger partial charge in [0.1, 0.15) is 0 Å². The molecule has 4 nitrogen and oxygen atoms in total. The van der Waals surface area contributed by atoms with E-state index in [9.17, 15) is 8.42 Å². The van der Waals surface area contributed by atoms with Crippen LogP contribution in [0.2, 0.25) is 0 Å². The topological polar surface area (TPSA) is 53.2 Å². The molecule has 5 heteroatoms. The number of H-pyrrole nitrogens is 1. The number of rotatable bonds is 3. The number of piperidine rings is 1. The van der Waals surface area contributed by atoms with Gasteiger partial charge in [-0.05, 0) is 53.5 Å². The van der Waals surface area contributed by atoms with Crippen LogP contribution in [0.25, 0.3) is 10.9 Å². The van der Waals surface area contributed by atoms with Gasteiger partial charge in [0.25, 0.3) is 0 Å². The Bertz CT molecular complexity index is 1030. The lowest BCUT2D eigenvalue weighted by molar-refractivity contribution is 0.317. The van der Waals surface area contributed by atoms with E-state index in [1.165, 1.54) is 11.1 Å². The largest absolute Gasteiger partial charge is 0.358 e. The average molecular weight is 397 g/mol. The standard InChI is InChI=1S/C23H28N2O2S/c1-23(2,3)19-8-10-20(11-9-19)28(26,27)25-14-12-17(13-15-25)22-16-18-6-4-5-7-21(18)24-22/h4-11,16-17,24H,12-15H2,1-3H3. The summed E-state index contributed by atoms with van der Waals surface area (Å²) < 4.78 is 27.7. The normalized spacial score (nSPS) is 17.2. The molecule has 2 heterocycles. The molecule has 1 aliphatic heterocycles. The third-order valence-corrected chi connectivity index (χ3v) is 7.72. The summed E-state index contributed by atoms with van der Waals surface area (Å²) in [5, 5.41) is 1.21. The van der Waals surface area contributed by atoms with E-state index in [1.54, 1.807) is 16.4 Å². The molecular weight excluding hydrogens is 368 g/mol. The number of hydrogen-bond acceptors (Lipinski definition) is 2. The van der Waals surface area contributed by atoms with Gasteiger partial charge in [-0.1, -0.05) is 51.1 Å². The maximum Gasteiger partial charge on any atom is 0.243 e. The van der Waals surface area contributed by atoms with Crippen LogP contribution in [0.3, 0.4) is 0 Å². The Kier molecular flexibility index (Phi) is 4.84. The number of hydrogen-bond donors (Lipinski definition) is 1. The van der Waals surface area contributed by atoms with Crippen LogP contribution in [-0.2, 0) is 15.4 Å². The minimum atomic E-state index is -3.43. The number of fused-ring (bicyclic) bond motifs is 1. The van der Waals surface area contributed by atoms with Gasteiger partial charge >= 0.3 is 0 Å². The fraction of sp³-hybridized carbons (Fsp3) is 0.391. The van der Waals surface area contributed by atoms with Crippen molar-refractivity contribution in [3.63, 3.8) is 0 Å². The quantitative estimate of drug-likeness (QED) is 0.675. The molecular formula is C23H28N2O2S. The number of nitrogens with one attached hydrogen (secondary N) is 1. The maximum atomic E-state index is 13.1. The summed E-state index contributed by atoms with van der Waals surface area (Å²) in [6.07, 6.45) is 1.68. The van der Waals surface area contributed by atoms with Crippen molar-refractivity contribution in [2.24, 2.45) is 0 Å². The van der Waals surface area contributed by atoms with Crippen LogP contribution < -0.4 is 0 Å². The Balaban J connectivity index is 1.47. The second-order valence-corrected chi connectivity index (χ2v) is 10.7. The Morgan fingerprint density at radius 2 is 1.61 bits per heavy atom. The number of aromatic nitrogens is 1. The minimum absolute atomic E-state index is 0.0141. The van der Waals surface area contributed by atoms with Crippen LogP contribution in [0.1, 0.15) is 50.8 Å². The van der Waals surface area contributed by atoms with Crippen LogP contribution in [-0.4, -0.2) is 30.8 Å². The van der Waals surface area contributed by atoms with Crippen LogP contribution in [0.15, 0.2) is 59.5 Å². The molecule has 0 amide bonds. The van der Waals surface area contributed by atoms with Gasteiger partial charge in [-0.3, -0.25) is 0 Å². The Morgan fingerprint density at radius 3 is 2.21 bits per heavy atom. The van der Waals surface area contributed by atoms with Gasteiger partial charge in [0, 0.05) is 30.2 Å². The van der Waals surface area contributed by atoms with Gasteiger partial charge in [-0.25, -0.2) is 8.42 Å². The van der Waals surface area contributed by atoms with E-state index in [4.69, 9.17) is 0 Å². The highest BCUT2D eigenvalue weighted by Crippen LogP contribution is 2.32. The molecule has 1 fully saturated rings. The molecule has 148 valence electrons. The fourth-order valence-corrected chi connectivity index (χ4v) is 5.47. The second-order valence-electron chi connectivity index (χ2n) is 8.76. The second kappa shape index (κ2) is 7.05. The summed E-state index contributed by atoms with van der Waals surface area (Å²) in [5.74, 6) is 0.377. The van der Waals surface area contributed by atoms with Crippen molar-refractivity contribution in [2.45, 2.75) is 49.8 Å². The number of benzene rings is 2.